The first-order chi connectivity index (χ1) is 11.3. The number of amides is 1. The zero-order valence-electron chi connectivity index (χ0n) is 13.5. The lowest BCUT2D eigenvalue weighted by Crippen LogP contribution is -2.19. The van der Waals surface area contributed by atoms with E-state index in [0.717, 1.165) is 5.56 Å². The number of non-ortho nitro benzene ring substituents is 1. The maximum absolute atomic E-state index is 12.5. The molecular weight excluding hydrogens is 332 g/mol. The molecule has 1 N–H and O–H groups in total. The van der Waals surface area contributed by atoms with Crippen LogP contribution in [0.3, 0.4) is 0 Å². The Labute approximate surface area is 144 Å². The molecule has 0 heterocycles. The molecule has 0 spiro atoms. The van der Waals surface area contributed by atoms with Gasteiger partial charge in [0.2, 0.25) is 5.91 Å². The highest BCUT2D eigenvalue weighted by Crippen LogP contribution is 2.32. The van der Waals surface area contributed by atoms with E-state index in [4.69, 9.17) is 16.3 Å². The smallest absolute Gasteiger partial charge is 0.269 e. The molecule has 0 aromatic heterocycles. The van der Waals surface area contributed by atoms with E-state index in [9.17, 15) is 14.9 Å². The van der Waals surface area contributed by atoms with Gasteiger partial charge < -0.3 is 10.1 Å². The van der Waals surface area contributed by atoms with Gasteiger partial charge in [0.1, 0.15) is 5.75 Å². The highest BCUT2D eigenvalue weighted by molar-refractivity contribution is 6.31. The molecule has 0 radical (unpaired) electrons. The van der Waals surface area contributed by atoms with E-state index in [1.165, 1.54) is 19.2 Å². The lowest BCUT2D eigenvalue weighted by atomic mass is 10.00. The Morgan fingerprint density at radius 1 is 1.29 bits per heavy atom. The van der Waals surface area contributed by atoms with Crippen LogP contribution < -0.4 is 10.1 Å². The molecule has 7 heteroatoms. The summed E-state index contributed by atoms with van der Waals surface area (Å²) in [6.07, 6.45) is 0. The number of aryl methyl sites for hydroxylation is 1. The van der Waals surface area contributed by atoms with Crippen LogP contribution in [0.2, 0.25) is 5.02 Å². The Bertz CT molecular complexity index is 775. The molecule has 0 saturated heterocycles. The Balaban J connectivity index is 2.20. The summed E-state index contributed by atoms with van der Waals surface area (Å²) in [5.41, 5.74) is 2.01. The number of nitrogens with one attached hydrogen (secondary N) is 1. The van der Waals surface area contributed by atoms with Crippen molar-refractivity contribution in [1.29, 1.82) is 0 Å². The molecule has 0 aliphatic carbocycles. The fourth-order valence-corrected chi connectivity index (χ4v) is 2.36. The minimum atomic E-state index is -0.480. The highest BCUT2D eigenvalue weighted by atomic mass is 35.5. The number of hydrogen-bond acceptors (Lipinski definition) is 4. The number of carbonyl (C=O) groups excluding carboxylic acids is 1. The number of benzene rings is 2. The Morgan fingerprint density at radius 3 is 2.46 bits per heavy atom. The zero-order chi connectivity index (χ0) is 17.9. The molecule has 1 atom stereocenters. The van der Waals surface area contributed by atoms with Gasteiger partial charge in [0.15, 0.2) is 0 Å². The van der Waals surface area contributed by atoms with Gasteiger partial charge in [0.25, 0.3) is 5.69 Å². The van der Waals surface area contributed by atoms with E-state index in [2.05, 4.69) is 5.32 Å². The average molecular weight is 349 g/mol. The first kappa shape index (κ1) is 17.7. The fourth-order valence-electron chi connectivity index (χ4n) is 2.21. The van der Waals surface area contributed by atoms with Crippen molar-refractivity contribution >= 4 is 28.9 Å². The molecule has 0 aliphatic heterocycles. The Kier molecular flexibility index (Phi) is 5.41. The van der Waals surface area contributed by atoms with Crippen molar-refractivity contribution in [3.8, 4) is 5.75 Å². The van der Waals surface area contributed by atoms with Crippen LogP contribution in [-0.2, 0) is 4.79 Å². The van der Waals surface area contributed by atoms with Gasteiger partial charge in [-0.1, -0.05) is 23.7 Å². The summed E-state index contributed by atoms with van der Waals surface area (Å²) < 4.78 is 5.24. The van der Waals surface area contributed by atoms with Crippen molar-refractivity contribution in [2.75, 3.05) is 12.4 Å². The average Bonchev–Trinajstić information content (AvgIpc) is 2.57. The number of carbonyl (C=O) groups is 1. The second-order valence-corrected chi connectivity index (χ2v) is 5.77. The fraction of sp³-hybridized carbons (Fsp3) is 0.235. The summed E-state index contributed by atoms with van der Waals surface area (Å²) in [5, 5.41) is 14.0. The van der Waals surface area contributed by atoms with E-state index in [0.29, 0.717) is 22.0 Å². The first-order valence-corrected chi connectivity index (χ1v) is 7.60. The number of nitrogens with zero attached hydrogens (tertiary/aromatic N) is 1. The topological polar surface area (TPSA) is 81.5 Å². The second kappa shape index (κ2) is 7.31. The third-order valence-electron chi connectivity index (χ3n) is 3.74. The maximum Gasteiger partial charge on any atom is 0.269 e. The zero-order valence-corrected chi connectivity index (χ0v) is 14.3. The van der Waals surface area contributed by atoms with Gasteiger partial charge in [-0.2, -0.15) is 0 Å². The van der Waals surface area contributed by atoms with Gasteiger partial charge in [-0.15, -0.1) is 0 Å². The first-order valence-electron chi connectivity index (χ1n) is 7.23. The number of anilines is 1. The number of methoxy groups -OCH3 is 1. The summed E-state index contributed by atoms with van der Waals surface area (Å²) in [7, 11) is 1.50. The Morgan fingerprint density at radius 2 is 1.92 bits per heavy atom. The molecule has 0 fully saturated rings. The molecular formula is C17H17ClN2O4. The van der Waals surface area contributed by atoms with E-state index in [-0.39, 0.29) is 11.6 Å². The summed E-state index contributed by atoms with van der Waals surface area (Å²) in [5.74, 6) is -0.259. The monoisotopic (exact) mass is 348 g/mol. The molecule has 2 aromatic rings. The number of nitro groups is 1. The third kappa shape index (κ3) is 3.83. The predicted octanol–water partition coefficient (Wildman–Crippen LogP) is 4.31. The van der Waals surface area contributed by atoms with Crippen LogP contribution in [0.5, 0.6) is 5.75 Å². The molecule has 6 nitrogen and oxygen atoms in total. The van der Waals surface area contributed by atoms with Gasteiger partial charge in [0, 0.05) is 23.2 Å². The molecule has 126 valence electrons. The maximum atomic E-state index is 12.5. The number of rotatable bonds is 5. The molecule has 0 aliphatic rings. The quantitative estimate of drug-likeness (QED) is 0.645. The molecule has 2 rings (SSSR count). The molecule has 0 bridgehead atoms. The van der Waals surface area contributed by atoms with E-state index >= 15 is 0 Å². The second-order valence-electron chi connectivity index (χ2n) is 5.36. The normalized spacial score (nSPS) is 11.7. The van der Waals surface area contributed by atoms with Gasteiger partial charge in [0.05, 0.1) is 23.6 Å². The minimum absolute atomic E-state index is 0.0126. The number of ether oxygens (including phenoxy) is 1. The van der Waals surface area contributed by atoms with Crippen LogP contribution in [0.4, 0.5) is 11.4 Å². The van der Waals surface area contributed by atoms with Crippen molar-refractivity contribution in [3.05, 3.63) is 62.7 Å². The lowest BCUT2D eigenvalue weighted by molar-refractivity contribution is -0.384. The summed E-state index contributed by atoms with van der Waals surface area (Å²) in [6.45, 7) is 3.56. The number of nitro benzene ring substituents is 1. The van der Waals surface area contributed by atoms with Gasteiger partial charge in [-0.25, -0.2) is 0 Å². The predicted molar refractivity (Wildman–Crippen MR) is 92.9 cm³/mol. The third-order valence-corrected chi connectivity index (χ3v) is 4.14. The van der Waals surface area contributed by atoms with Gasteiger partial charge in [-0.3, -0.25) is 14.9 Å². The number of hydrogen-bond donors (Lipinski definition) is 1. The van der Waals surface area contributed by atoms with Crippen molar-refractivity contribution in [2.24, 2.45) is 0 Å². The van der Waals surface area contributed by atoms with E-state index < -0.39 is 10.8 Å². The molecule has 1 amide bonds. The van der Waals surface area contributed by atoms with E-state index in [1.54, 1.807) is 31.2 Å². The summed E-state index contributed by atoms with van der Waals surface area (Å²) >= 11 is 6.05. The SMILES string of the molecule is COc1cc(Cl)c(C)cc1NC(=O)[C@@H](C)c1ccc([N+](=O)[O-])cc1. The van der Waals surface area contributed by atoms with Crippen LogP contribution >= 0.6 is 11.6 Å². The number of halogens is 1. The van der Waals surface area contributed by atoms with Crippen molar-refractivity contribution in [2.45, 2.75) is 19.8 Å². The molecule has 2 aromatic carbocycles. The summed E-state index contributed by atoms with van der Waals surface area (Å²) in [6, 6.07) is 9.29. The lowest BCUT2D eigenvalue weighted by Gasteiger charge is -2.16. The minimum Gasteiger partial charge on any atom is -0.495 e. The van der Waals surface area contributed by atoms with Crippen LogP contribution in [0.1, 0.15) is 24.0 Å². The summed E-state index contributed by atoms with van der Waals surface area (Å²) in [4.78, 5) is 22.7. The van der Waals surface area contributed by atoms with Gasteiger partial charge >= 0.3 is 0 Å². The van der Waals surface area contributed by atoms with Crippen molar-refractivity contribution in [3.63, 3.8) is 0 Å². The molecule has 24 heavy (non-hydrogen) atoms. The van der Waals surface area contributed by atoms with Crippen LogP contribution in [0.25, 0.3) is 0 Å². The molecule has 0 unspecified atom stereocenters. The van der Waals surface area contributed by atoms with Crippen molar-refractivity contribution < 1.29 is 14.5 Å². The Hall–Kier alpha value is -2.60. The van der Waals surface area contributed by atoms with Crippen molar-refractivity contribution in [1.82, 2.24) is 0 Å². The van der Waals surface area contributed by atoms with E-state index in [1.807, 2.05) is 6.92 Å². The van der Waals surface area contributed by atoms with Crippen LogP contribution in [0, 0.1) is 17.0 Å². The highest BCUT2D eigenvalue weighted by Gasteiger charge is 2.18. The van der Waals surface area contributed by atoms with Crippen LogP contribution in [0.15, 0.2) is 36.4 Å². The van der Waals surface area contributed by atoms with Gasteiger partial charge in [-0.05, 0) is 31.0 Å². The molecule has 0 saturated carbocycles. The largest absolute Gasteiger partial charge is 0.495 e. The standard InChI is InChI=1S/C17H17ClN2O4/c1-10-8-15(16(24-3)9-14(10)18)19-17(21)11(2)12-4-6-13(7-5-12)20(22)23/h4-9,11H,1-3H3,(H,19,21)/t11-/m0/s1. The van der Waals surface area contributed by atoms with Crippen LogP contribution in [-0.4, -0.2) is 17.9 Å².